The van der Waals surface area contributed by atoms with Crippen molar-refractivity contribution in [3.8, 4) is 0 Å². The quantitative estimate of drug-likeness (QED) is 0.790. The van der Waals surface area contributed by atoms with Crippen LogP contribution in [0.1, 0.15) is 48.5 Å². The fourth-order valence-corrected chi connectivity index (χ4v) is 2.56. The van der Waals surface area contributed by atoms with Gasteiger partial charge < -0.3 is 15.7 Å². The van der Waals surface area contributed by atoms with Crippen molar-refractivity contribution in [2.24, 2.45) is 0 Å². The Morgan fingerprint density at radius 1 is 1.35 bits per heavy atom. The van der Waals surface area contributed by atoms with E-state index in [1.807, 2.05) is 0 Å². The summed E-state index contributed by atoms with van der Waals surface area (Å²) in [6.07, 6.45) is 4.12. The molecule has 1 aliphatic rings. The van der Waals surface area contributed by atoms with E-state index < -0.39 is 5.97 Å². The predicted molar refractivity (Wildman–Crippen MR) is 77.2 cm³/mol. The first kappa shape index (κ1) is 14.4. The van der Waals surface area contributed by atoms with E-state index in [1.54, 1.807) is 19.1 Å². The smallest absolute Gasteiger partial charge is 0.335 e. The first-order valence-corrected chi connectivity index (χ1v) is 6.89. The van der Waals surface area contributed by atoms with Gasteiger partial charge in [-0.1, -0.05) is 6.92 Å². The van der Waals surface area contributed by atoms with Crippen LogP contribution in [0.15, 0.2) is 18.2 Å². The number of aromatic carboxylic acids is 1. The molecule has 0 aliphatic heterocycles. The molecule has 0 saturated heterocycles. The summed E-state index contributed by atoms with van der Waals surface area (Å²) in [6, 6.07) is 4.55. The summed E-state index contributed by atoms with van der Waals surface area (Å²) in [4.78, 5) is 22.9. The van der Waals surface area contributed by atoms with Crippen LogP contribution in [-0.2, 0) is 0 Å². The van der Waals surface area contributed by atoms with Gasteiger partial charge >= 0.3 is 12.0 Å². The number of hydrogen-bond donors (Lipinski definition) is 3. The third kappa shape index (κ3) is 2.92. The second-order valence-corrected chi connectivity index (χ2v) is 5.40. The molecule has 1 aromatic carbocycles. The zero-order chi connectivity index (χ0) is 14.8. The molecule has 0 atom stereocenters. The van der Waals surface area contributed by atoms with Crippen molar-refractivity contribution in [3.05, 3.63) is 29.3 Å². The number of rotatable bonds is 4. The van der Waals surface area contributed by atoms with E-state index >= 15 is 0 Å². The first-order valence-electron chi connectivity index (χ1n) is 6.89. The highest BCUT2D eigenvalue weighted by molar-refractivity contribution is 5.93. The Morgan fingerprint density at radius 2 is 2.05 bits per heavy atom. The molecule has 1 aliphatic carbocycles. The summed E-state index contributed by atoms with van der Waals surface area (Å²) in [5.41, 5.74) is 1.43. The third-order valence-corrected chi connectivity index (χ3v) is 4.08. The van der Waals surface area contributed by atoms with Crippen LogP contribution in [0.4, 0.5) is 10.5 Å². The number of nitrogens with one attached hydrogen (secondary N) is 2. The summed E-state index contributed by atoms with van der Waals surface area (Å²) in [5, 5.41) is 14.7. The van der Waals surface area contributed by atoms with Crippen LogP contribution >= 0.6 is 0 Å². The molecule has 0 heterocycles. The molecular formula is C15H20N2O3. The average Bonchev–Trinajstić information content (AvgIpc) is 2.33. The van der Waals surface area contributed by atoms with Crippen LogP contribution in [0, 0.1) is 6.92 Å². The highest BCUT2D eigenvalue weighted by Crippen LogP contribution is 2.34. The van der Waals surface area contributed by atoms with Crippen LogP contribution in [0.3, 0.4) is 0 Å². The molecule has 1 aromatic rings. The molecule has 1 fully saturated rings. The van der Waals surface area contributed by atoms with Gasteiger partial charge in [0.1, 0.15) is 0 Å². The predicted octanol–water partition coefficient (Wildman–Crippen LogP) is 3.15. The minimum atomic E-state index is -0.960. The molecule has 0 radical (unpaired) electrons. The Balaban J connectivity index is 2.01. The van der Waals surface area contributed by atoms with Crippen molar-refractivity contribution in [3.63, 3.8) is 0 Å². The van der Waals surface area contributed by atoms with Gasteiger partial charge in [-0.25, -0.2) is 9.59 Å². The summed E-state index contributed by atoms with van der Waals surface area (Å²) < 4.78 is 0. The average molecular weight is 276 g/mol. The molecule has 20 heavy (non-hydrogen) atoms. The molecule has 2 amide bonds. The number of carbonyl (C=O) groups is 2. The van der Waals surface area contributed by atoms with Gasteiger partial charge in [-0.2, -0.15) is 0 Å². The fourth-order valence-electron chi connectivity index (χ4n) is 2.56. The number of anilines is 1. The van der Waals surface area contributed by atoms with Crippen molar-refractivity contribution in [2.75, 3.05) is 5.32 Å². The van der Waals surface area contributed by atoms with Crippen LogP contribution in [-0.4, -0.2) is 22.6 Å². The lowest BCUT2D eigenvalue weighted by Crippen LogP contribution is -2.54. The molecule has 5 nitrogen and oxygen atoms in total. The zero-order valence-electron chi connectivity index (χ0n) is 11.8. The van der Waals surface area contributed by atoms with Crippen LogP contribution in [0.25, 0.3) is 0 Å². The topological polar surface area (TPSA) is 78.4 Å². The number of urea groups is 1. The van der Waals surface area contributed by atoms with E-state index in [0.717, 1.165) is 25.7 Å². The number of carboxylic acids is 1. The van der Waals surface area contributed by atoms with Crippen molar-refractivity contribution in [2.45, 2.75) is 45.1 Å². The van der Waals surface area contributed by atoms with E-state index in [9.17, 15) is 9.59 Å². The number of carboxylic acid groups (broad SMARTS) is 1. The standard InChI is InChI=1S/C15H20N2O3/c1-3-15(7-4-8-15)17-14(20)16-11-5-6-12(13(18)19)10(2)9-11/h5-6,9H,3-4,7-8H2,1-2H3,(H,18,19)(H2,16,17,20). The van der Waals surface area contributed by atoms with Crippen molar-refractivity contribution >= 4 is 17.7 Å². The highest BCUT2D eigenvalue weighted by atomic mass is 16.4. The maximum Gasteiger partial charge on any atom is 0.335 e. The molecule has 0 aromatic heterocycles. The third-order valence-electron chi connectivity index (χ3n) is 4.08. The minimum absolute atomic E-state index is 0.0554. The molecule has 0 unspecified atom stereocenters. The second-order valence-electron chi connectivity index (χ2n) is 5.40. The van der Waals surface area contributed by atoms with Gasteiger partial charge in [0.05, 0.1) is 5.56 Å². The van der Waals surface area contributed by atoms with Crippen LogP contribution in [0.5, 0.6) is 0 Å². The normalized spacial score (nSPS) is 16.1. The Hall–Kier alpha value is -2.04. The Kier molecular flexibility index (Phi) is 3.97. The molecule has 0 spiro atoms. The lowest BCUT2D eigenvalue weighted by Gasteiger charge is -2.41. The van der Waals surface area contributed by atoms with Gasteiger partial charge in [0.25, 0.3) is 0 Å². The first-order chi connectivity index (χ1) is 9.46. The van der Waals surface area contributed by atoms with Gasteiger partial charge in [-0.3, -0.25) is 0 Å². The van der Waals surface area contributed by atoms with E-state index in [1.165, 1.54) is 6.07 Å². The lowest BCUT2D eigenvalue weighted by molar-refractivity contribution is 0.0696. The molecule has 2 rings (SSSR count). The van der Waals surface area contributed by atoms with Gasteiger partial charge in [0.2, 0.25) is 0 Å². The lowest BCUT2D eigenvalue weighted by atomic mass is 9.75. The van der Waals surface area contributed by atoms with Crippen molar-refractivity contribution in [1.29, 1.82) is 0 Å². The van der Waals surface area contributed by atoms with Gasteiger partial charge in [0.15, 0.2) is 0 Å². The molecular weight excluding hydrogens is 256 g/mol. The van der Waals surface area contributed by atoms with E-state index in [2.05, 4.69) is 17.6 Å². The summed E-state index contributed by atoms with van der Waals surface area (Å²) in [6.45, 7) is 3.79. The monoisotopic (exact) mass is 276 g/mol. The van der Waals surface area contributed by atoms with Gasteiger partial charge in [-0.05, 0) is 56.4 Å². The Bertz CT molecular complexity index is 530. The van der Waals surface area contributed by atoms with Crippen molar-refractivity contribution in [1.82, 2.24) is 5.32 Å². The zero-order valence-corrected chi connectivity index (χ0v) is 11.8. The molecule has 1 saturated carbocycles. The maximum absolute atomic E-state index is 12.0. The van der Waals surface area contributed by atoms with Crippen molar-refractivity contribution < 1.29 is 14.7 Å². The second kappa shape index (κ2) is 5.53. The molecule has 0 bridgehead atoms. The Labute approximate surface area is 118 Å². The molecule has 3 N–H and O–H groups in total. The van der Waals surface area contributed by atoms with Crippen LogP contribution in [0.2, 0.25) is 0 Å². The van der Waals surface area contributed by atoms with E-state index in [-0.39, 0.29) is 17.1 Å². The van der Waals surface area contributed by atoms with E-state index in [4.69, 9.17) is 5.11 Å². The van der Waals surface area contributed by atoms with Crippen LogP contribution < -0.4 is 10.6 Å². The summed E-state index contributed by atoms with van der Waals surface area (Å²) in [5.74, 6) is -0.960. The number of carbonyl (C=O) groups excluding carboxylic acids is 1. The highest BCUT2D eigenvalue weighted by Gasteiger charge is 2.36. The maximum atomic E-state index is 12.0. The number of hydrogen-bond acceptors (Lipinski definition) is 2. The minimum Gasteiger partial charge on any atom is -0.478 e. The summed E-state index contributed by atoms with van der Waals surface area (Å²) >= 11 is 0. The molecule has 5 heteroatoms. The number of benzene rings is 1. The fraction of sp³-hybridized carbons (Fsp3) is 0.467. The SMILES string of the molecule is CCC1(NC(=O)Nc2ccc(C(=O)O)c(C)c2)CCC1. The number of amides is 2. The largest absolute Gasteiger partial charge is 0.478 e. The van der Waals surface area contributed by atoms with Gasteiger partial charge in [-0.15, -0.1) is 0 Å². The summed E-state index contributed by atoms with van der Waals surface area (Å²) in [7, 11) is 0. The number of aryl methyl sites for hydroxylation is 1. The Morgan fingerprint density at radius 3 is 2.50 bits per heavy atom. The molecule has 108 valence electrons. The van der Waals surface area contributed by atoms with E-state index in [0.29, 0.717) is 11.3 Å². The van der Waals surface area contributed by atoms with Gasteiger partial charge in [0, 0.05) is 11.2 Å².